The topological polar surface area (TPSA) is 63.4 Å². The van der Waals surface area contributed by atoms with E-state index in [9.17, 15) is 8.42 Å². The van der Waals surface area contributed by atoms with E-state index in [0.717, 1.165) is 18.4 Å². The van der Waals surface area contributed by atoms with Crippen molar-refractivity contribution in [2.24, 2.45) is 11.3 Å². The van der Waals surface area contributed by atoms with Crippen LogP contribution in [-0.4, -0.2) is 25.8 Å². The van der Waals surface area contributed by atoms with Gasteiger partial charge < -0.3 is 5.73 Å². The molecule has 4 nitrogen and oxygen atoms in total. The number of hydrogen-bond donors (Lipinski definition) is 1. The van der Waals surface area contributed by atoms with Gasteiger partial charge in [0.25, 0.3) is 0 Å². The second kappa shape index (κ2) is 5.61. The van der Waals surface area contributed by atoms with Gasteiger partial charge in [-0.25, -0.2) is 8.42 Å². The van der Waals surface area contributed by atoms with Gasteiger partial charge in [0.05, 0.1) is 4.90 Å². The fourth-order valence-corrected chi connectivity index (χ4v) is 4.40. The number of nitrogen functional groups attached to an aromatic ring is 1. The minimum Gasteiger partial charge on any atom is -0.398 e. The minimum atomic E-state index is -3.42. The third kappa shape index (κ3) is 3.40. The Morgan fingerprint density at radius 2 is 1.76 bits per heavy atom. The zero-order valence-corrected chi connectivity index (χ0v) is 14.2. The van der Waals surface area contributed by atoms with Crippen molar-refractivity contribution in [3.63, 3.8) is 0 Å². The fraction of sp³-hybridized carbons (Fsp3) is 0.625. The number of rotatable bonds is 2. The molecule has 1 fully saturated rings. The van der Waals surface area contributed by atoms with Crippen LogP contribution in [-0.2, 0) is 10.0 Å². The number of nitrogens with two attached hydrogens (primary N) is 1. The molecular formula is C16H26N2O2S. The lowest BCUT2D eigenvalue weighted by Gasteiger charge is -2.38. The third-order valence-corrected chi connectivity index (χ3v) is 6.46. The van der Waals surface area contributed by atoms with Gasteiger partial charge in [-0.15, -0.1) is 0 Å². The van der Waals surface area contributed by atoms with Crippen LogP contribution in [0.2, 0.25) is 0 Å². The first-order chi connectivity index (χ1) is 9.62. The Labute approximate surface area is 128 Å². The second-order valence-electron chi connectivity index (χ2n) is 7.06. The molecule has 2 N–H and O–H groups in total. The maximum Gasteiger partial charge on any atom is 0.243 e. The molecule has 2 rings (SSSR count). The molecule has 0 bridgehead atoms. The van der Waals surface area contributed by atoms with E-state index in [2.05, 4.69) is 20.8 Å². The molecule has 0 spiro atoms. The van der Waals surface area contributed by atoms with Gasteiger partial charge in [-0.1, -0.05) is 26.8 Å². The Morgan fingerprint density at radius 1 is 1.19 bits per heavy atom. The van der Waals surface area contributed by atoms with E-state index in [1.54, 1.807) is 22.5 Å². The number of anilines is 1. The van der Waals surface area contributed by atoms with Crippen molar-refractivity contribution in [2.75, 3.05) is 18.8 Å². The lowest BCUT2D eigenvalue weighted by Crippen LogP contribution is -2.41. The van der Waals surface area contributed by atoms with Crippen molar-refractivity contribution in [1.29, 1.82) is 0 Å². The van der Waals surface area contributed by atoms with Gasteiger partial charge in [0.1, 0.15) is 0 Å². The number of sulfonamides is 1. The Balaban J connectivity index is 2.17. The SMILES string of the molecule is Cc1ccc(S(=O)(=O)N2CCC(C(C)(C)C)CC2)cc1N. The number of aryl methyl sites for hydroxylation is 1. The number of benzene rings is 1. The van der Waals surface area contributed by atoms with E-state index in [1.165, 1.54) is 0 Å². The summed E-state index contributed by atoms with van der Waals surface area (Å²) in [6, 6.07) is 4.99. The molecule has 0 amide bonds. The summed E-state index contributed by atoms with van der Waals surface area (Å²) >= 11 is 0. The summed E-state index contributed by atoms with van der Waals surface area (Å²) in [6.45, 7) is 9.74. The Morgan fingerprint density at radius 3 is 2.24 bits per heavy atom. The van der Waals surface area contributed by atoms with E-state index in [-0.39, 0.29) is 5.41 Å². The molecule has 118 valence electrons. The molecule has 1 aromatic carbocycles. The molecule has 1 aliphatic rings. The highest BCUT2D eigenvalue weighted by Gasteiger charge is 2.33. The zero-order chi connectivity index (χ0) is 15.8. The molecular weight excluding hydrogens is 284 g/mol. The quantitative estimate of drug-likeness (QED) is 0.854. The zero-order valence-electron chi connectivity index (χ0n) is 13.4. The maximum atomic E-state index is 12.7. The molecule has 1 aliphatic heterocycles. The normalized spacial score (nSPS) is 18.9. The molecule has 0 saturated carbocycles. The van der Waals surface area contributed by atoms with Gasteiger partial charge in [0.2, 0.25) is 10.0 Å². The summed E-state index contributed by atoms with van der Waals surface area (Å²) in [6.07, 6.45) is 1.84. The summed E-state index contributed by atoms with van der Waals surface area (Å²) < 4.78 is 27.0. The summed E-state index contributed by atoms with van der Waals surface area (Å²) in [5.74, 6) is 0.576. The summed E-state index contributed by atoms with van der Waals surface area (Å²) in [5, 5.41) is 0. The first-order valence-corrected chi connectivity index (χ1v) is 8.92. The Kier molecular flexibility index (Phi) is 4.36. The van der Waals surface area contributed by atoms with Crippen molar-refractivity contribution in [1.82, 2.24) is 4.31 Å². The van der Waals surface area contributed by atoms with Crippen LogP contribution in [0.1, 0.15) is 39.2 Å². The molecule has 5 heteroatoms. The van der Waals surface area contributed by atoms with E-state index in [0.29, 0.717) is 29.6 Å². The second-order valence-corrected chi connectivity index (χ2v) is 9.00. The van der Waals surface area contributed by atoms with Gasteiger partial charge >= 0.3 is 0 Å². The number of hydrogen-bond acceptors (Lipinski definition) is 3. The highest BCUT2D eigenvalue weighted by Crippen LogP contribution is 2.35. The molecule has 21 heavy (non-hydrogen) atoms. The van der Waals surface area contributed by atoms with E-state index < -0.39 is 10.0 Å². The Bertz CT molecular complexity index is 610. The number of nitrogens with zero attached hydrogens (tertiary/aromatic N) is 1. The van der Waals surface area contributed by atoms with Crippen molar-refractivity contribution in [3.8, 4) is 0 Å². The molecule has 1 heterocycles. The fourth-order valence-electron chi connectivity index (χ4n) is 2.89. The van der Waals surface area contributed by atoms with Gasteiger partial charge in [-0.05, 0) is 48.8 Å². The van der Waals surface area contributed by atoms with Gasteiger partial charge in [0, 0.05) is 18.8 Å². The first-order valence-electron chi connectivity index (χ1n) is 7.48. The maximum absolute atomic E-state index is 12.7. The number of piperidine rings is 1. The van der Waals surface area contributed by atoms with Crippen molar-refractivity contribution >= 4 is 15.7 Å². The summed E-state index contributed by atoms with van der Waals surface area (Å²) in [5.41, 5.74) is 7.51. The lowest BCUT2D eigenvalue weighted by atomic mass is 9.76. The van der Waals surface area contributed by atoms with Crippen LogP contribution in [0.15, 0.2) is 23.1 Å². The smallest absolute Gasteiger partial charge is 0.243 e. The van der Waals surface area contributed by atoms with Crippen molar-refractivity contribution in [3.05, 3.63) is 23.8 Å². The monoisotopic (exact) mass is 310 g/mol. The largest absolute Gasteiger partial charge is 0.398 e. The van der Waals surface area contributed by atoms with E-state index in [4.69, 9.17) is 5.73 Å². The molecule has 1 saturated heterocycles. The molecule has 0 unspecified atom stereocenters. The van der Waals surface area contributed by atoms with E-state index in [1.807, 2.05) is 6.92 Å². The van der Waals surface area contributed by atoms with E-state index >= 15 is 0 Å². The molecule has 0 aliphatic carbocycles. The molecule has 0 atom stereocenters. The summed E-state index contributed by atoms with van der Waals surface area (Å²) in [4.78, 5) is 0.305. The van der Waals surface area contributed by atoms with Crippen LogP contribution < -0.4 is 5.73 Å². The third-order valence-electron chi connectivity index (χ3n) is 4.57. The van der Waals surface area contributed by atoms with Crippen LogP contribution in [0, 0.1) is 18.3 Å². The average Bonchev–Trinajstić information content (AvgIpc) is 2.41. The molecule has 0 radical (unpaired) electrons. The van der Waals surface area contributed by atoms with Crippen LogP contribution in [0.4, 0.5) is 5.69 Å². The standard InChI is InChI=1S/C16H26N2O2S/c1-12-5-6-14(11-15(12)17)21(19,20)18-9-7-13(8-10-18)16(2,3)4/h5-6,11,13H,7-10,17H2,1-4H3. The minimum absolute atomic E-state index is 0.240. The van der Waals surface area contributed by atoms with Gasteiger partial charge in [0.15, 0.2) is 0 Å². The van der Waals surface area contributed by atoms with Crippen LogP contribution >= 0.6 is 0 Å². The van der Waals surface area contributed by atoms with Crippen molar-refractivity contribution in [2.45, 2.75) is 45.4 Å². The average molecular weight is 310 g/mol. The highest BCUT2D eigenvalue weighted by molar-refractivity contribution is 7.89. The lowest BCUT2D eigenvalue weighted by molar-refractivity contribution is 0.154. The van der Waals surface area contributed by atoms with Crippen LogP contribution in [0.25, 0.3) is 0 Å². The predicted molar refractivity (Wildman–Crippen MR) is 86.5 cm³/mol. The van der Waals surface area contributed by atoms with Crippen LogP contribution in [0.3, 0.4) is 0 Å². The first kappa shape index (κ1) is 16.3. The Hall–Kier alpha value is -1.07. The molecule has 1 aromatic rings. The summed E-state index contributed by atoms with van der Waals surface area (Å²) in [7, 11) is -3.42. The predicted octanol–water partition coefficient (Wildman–Crippen LogP) is 3.02. The van der Waals surface area contributed by atoms with Gasteiger partial charge in [-0.3, -0.25) is 0 Å². The van der Waals surface area contributed by atoms with Gasteiger partial charge in [-0.2, -0.15) is 4.31 Å². The van der Waals surface area contributed by atoms with Crippen molar-refractivity contribution < 1.29 is 8.42 Å². The molecule has 0 aromatic heterocycles. The van der Waals surface area contributed by atoms with Crippen LogP contribution in [0.5, 0.6) is 0 Å². The highest BCUT2D eigenvalue weighted by atomic mass is 32.2.